The molecule has 13 heavy (non-hydrogen) atoms. The van der Waals surface area contributed by atoms with E-state index in [2.05, 4.69) is 0 Å². The molecule has 0 aliphatic carbocycles. The second kappa shape index (κ2) is 4.21. The first kappa shape index (κ1) is 9.96. The second-order valence-corrected chi connectivity index (χ2v) is 3.00. The van der Waals surface area contributed by atoms with Gasteiger partial charge in [-0.15, -0.1) is 0 Å². The van der Waals surface area contributed by atoms with Crippen molar-refractivity contribution < 1.29 is 4.74 Å². The lowest BCUT2D eigenvalue weighted by molar-refractivity contribution is 0.327. The van der Waals surface area contributed by atoms with Gasteiger partial charge in [0.1, 0.15) is 0 Å². The first-order valence-corrected chi connectivity index (χ1v) is 4.67. The second-order valence-electron chi connectivity index (χ2n) is 3.00. The van der Waals surface area contributed by atoms with Gasteiger partial charge in [0.05, 0.1) is 6.61 Å². The molecule has 0 aromatic heterocycles. The van der Waals surface area contributed by atoms with E-state index in [4.69, 9.17) is 4.74 Å². The largest absolute Gasteiger partial charge is 0.489 e. The van der Waals surface area contributed by atoms with Crippen molar-refractivity contribution in [3.63, 3.8) is 0 Å². The summed E-state index contributed by atoms with van der Waals surface area (Å²) in [5.41, 5.74) is -0.210. The number of unbranched alkanes of at least 4 members (excludes halogenated alkanes) is 1. The molecule has 0 saturated heterocycles. The van der Waals surface area contributed by atoms with Crippen LogP contribution in [0.15, 0.2) is 9.59 Å². The highest BCUT2D eigenvalue weighted by molar-refractivity contribution is 5.39. The SMILES string of the molecule is CCCCc1c(OCC)c(=O)c1=O. The highest BCUT2D eigenvalue weighted by Gasteiger charge is 2.20. The summed E-state index contributed by atoms with van der Waals surface area (Å²) in [5, 5.41) is 0. The van der Waals surface area contributed by atoms with Crippen LogP contribution in [0.1, 0.15) is 32.3 Å². The molecule has 0 unspecified atom stereocenters. The highest BCUT2D eigenvalue weighted by atomic mass is 16.5. The molecule has 1 rings (SSSR count). The van der Waals surface area contributed by atoms with Gasteiger partial charge in [-0.1, -0.05) is 13.3 Å². The maximum atomic E-state index is 11.1. The minimum absolute atomic E-state index is 0.306. The van der Waals surface area contributed by atoms with Crippen LogP contribution in [-0.2, 0) is 6.42 Å². The van der Waals surface area contributed by atoms with Crippen LogP contribution < -0.4 is 15.6 Å². The van der Waals surface area contributed by atoms with Crippen molar-refractivity contribution in [3.05, 3.63) is 26.0 Å². The molecule has 3 heteroatoms. The van der Waals surface area contributed by atoms with Gasteiger partial charge in [-0.2, -0.15) is 0 Å². The Balaban J connectivity index is 2.76. The molecule has 0 radical (unpaired) electrons. The Bertz CT molecular complexity index is 345. The van der Waals surface area contributed by atoms with Crippen molar-refractivity contribution in [1.82, 2.24) is 0 Å². The molecule has 1 aromatic rings. The molecule has 0 atom stereocenters. The first-order valence-electron chi connectivity index (χ1n) is 4.67. The number of ether oxygens (including phenoxy) is 1. The van der Waals surface area contributed by atoms with Crippen molar-refractivity contribution in [3.8, 4) is 5.75 Å². The van der Waals surface area contributed by atoms with Crippen molar-refractivity contribution >= 4 is 0 Å². The van der Waals surface area contributed by atoms with E-state index in [1.54, 1.807) is 6.92 Å². The molecule has 0 spiro atoms. The van der Waals surface area contributed by atoms with Crippen LogP contribution in [0, 0.1) is 0 Å². The molecule has 0 amide bonds. The van der Waals surface area contributed by atoms with Crippen molar-refractivity contribution in [2.45, 2.75) is 33.1 Å². The van der Waals surface area contributed by atoms with Gasteiger partial charge in [-0.05, 0) is 19.8 Å². The average molecular weight is 182 g/mol. The Morgan fingerprint density at radius 2 is 1.85 bits per heavy atom. The summed E-state index contributed by atoms with van der Waals surface area (Å²) < 4.78 is 5.08. The molecule has 1 aromatic carbocycles. The van der Waals surface area contributed by atoms with Gasteiger partial charge in [0.25, 0.3) is 5.43 Å². The van der Waals surface area contributed by atoms with E-state index in [0.29, 0.717) is 24.3 Å². The zero-order valence-electron chi connectivity index (χ0n) is 8.05. The van der Waals surface area contributed by atoms with E-state index in [1.807, 2.05) is 6.92 Å². The molecular formula is C10H14O3. The topological polar surface area (TPSA) is 43.4 Å². The summed E-state index contributed by atoms with van der Waals surface area (Å²) >= 11 is 0. The van der Waals surface area contributed by atoms with Crippen LogP contribution in [0.25, 0.3) is 0 Å². The molecule has 0 aliphatic heterocycles. The zero-order chi connectivity index (χ0) is 9.84. The molecule has 0 saturated carbocycles. The van der Waals surface area contributed by atoms with Crippen LogP contribution in [0.5, 0.6) is 5.75 Å². The summed E-state index contributed by atoms with van der Waals surface area (Å²) in [4.78, 5) is 22.1. The van der Waals surface area contributed by atoms with Crippen LogP contribution in [-0.4, -0.2) is 6.61 Å². The van der Waals surface area contributed by atoms with E-state index >= 15 is 0 Å². The van der Waals surface area contributed by atoms with Crippen LogP contribution >= 0.6 is 0 Å². The third-order valence-electron chi connectivity index (χ3n) is 2.03. The maximum Gasteiger partial charge on any atom is 0.268 e. The highest BCUT2D eigenvalue weighted by Crippen LogP contribution is 2.13. The summed E-state index contributed by atoms with van der Waals surface area (Å²) in [6, 6.07) is 0. The molecular weight excluding hydrogens is 168 g/mol. The monoisotopic (exact) mass is 182 g/mol. The summed E-state index contributed by atoms with van der Waals surface area (Å²) in [6.45, 7) is 4.30. The predicted octanol–water partition coefficient (Wildman–Crippen LogP) is 1.02. The molecule has 0 bridgehead atoms. The van der Waals surface area contributed by atoms with Crippen molar-refractivity contribution in [1.29, 1.82) is 0 Å². The smallest absolute Gasteiger partial charge is 0.268 e. The molecule has 3 nitrogen and oxygen atoms in total. The number of hydrogen-bond acceptors (Lipinski definition) is 3. The quantitative estimate of drug-likeness (QED) is 0.638. The molecule has 0 fully saturated rings. The Morgan fingerprint density at radius 3 is 2.38 bits per heavy atom. The van der Waals surface area contributed by atoms with Gasteiger partial charge in [-0.25, -0.2) is 0 Å². The molecule has 0 N–H and O–H groups in total. The Kier molecular flexibility index (Phi) is 3.23. The van der Waals surface area contributed by atoms with Gasteiger partial charge in [0.2, 0.25) is 5.43 Å². The fourth-order valence-corrected chi connectivity index (χ4v) is 1.30. The third kappa shape index (κ3) is 1.79. The lowest BCUT2D eigenvalue weighted by atomic mass is 10.0. The van der Waals surface area contributed by atoms with E-state index < -0.39 is 5.43 Å². The Hall–Kier alpha value is -1.12. The summed E-state index contributed by atoms with van der Waals surface area (Å²) in [5.74, 6) is 0.306. The van der Waals surface area contributed by atoms with E-state index in [0.717, 1.165) is 12.8 Å². The van der Waals surface area contributed by atoms with Gasteiger partial charge < -0.3 is 4.74 Å². The maximum absolute atomic E-state index is 11.1. The zero-order valence-corrected chi connectivity index (χ0v) is 8.05. The lowest BCUT2D eigenvalue weighted by Gasteiger charge is -2.09. The van der Waals surface area contributed by atoms with Crippen molar-refractivity contribution in [2.75, 3.05) is 6.61 Å². The van der Waals surface area contributed by atoms with Gasteiger partial charge in [0, 0.05) is 5.56 Å². The lowest BCUT2D eigenvalue weighted by Crippen LogP contribution is -2.36. The van der Waals surface area contributed by atoms with Gasteiger partial charge in [-0.3, -0.25) is 9.59 Å². The number of rotatable bonds is 5. The molecule has 0 aliphatic rings. The molecule has 72 valence electrons. The first-order chi connectivity index (χ1) is 6.22. The van der Waals surface area contributed by atoms with E-state index in [-0.39, 0.29) is 5.43 Å². The fraction of sp³-hybridized carbons (Fsp3) is 0.600. The average Bonchev–Trinajstić information content (AvgIpc) is 2.16. The van der Waals surface area contributed by atoms with Crippen LogP contribution in [0.3, 0.4) is 0 Å². The van der Waals surface area contributed by atoms with Gasteiger partial charge in [0.15, 0.2) is 5.75 Å². The minimum atomic E-state index is -0.451. The summed E-state index contributed by atoms with van der Waals surface area (Å²) in [7, 11) is 0. The molecule has 0 heterocycles. The summed E-state index contributed by atoms with van der Waals surface area (Å²) in [6.07, 6.45) is 2.63. The van der Waals surface area contributed by atoms with Crippen molar-refractivity contribution in [2.24, 2.45) is 0 Å². The standard InChI is InChI=1S/C10H14O3/c1-3-5-6-7-8(11)9(12)10(7)13-4-2/h3-6H2,1-2H3. The normalized spacial score (nSPS) is 10.6. The Morgan fingerprint density at radius 1 is 1.15 bits per heavy atom. The Labute approximate surface area is 77.0 Å². The van der Waals surface area contributed by atoms with Crippen LogP contribution in [0.4, 0.5) is 0 Å². The van der Waals surface area contributed by atoms with Crippen LogP contribution in [0.2, 0.25) is 0 Å². The van der Waals surface area contributed by atoms with E-state index in [9.17, 15) is 9.59 Å². The fourth-order valence-electron chi connectivity index (χ4n) is 1.30. The third-order valence-corrected chi connectivity index (χ3v) is 2.03. The number of hydrogen-bond donors (Lipinski definition) is 0. The van der Waals surface area contributed by atoms with E-state index in [1.165, 1.54) is 0 Å². The van der Waals surface area contributed by atoms with Gasteiger partial charge >= 0.3 is 0 Å². The minimum Gasteiger partial charge on any atom is -0.489 e. The predicted molar refractivity (Wildman–Crippen MR) is 51.1 cm³/mol.